The lowest BCUT2D eigenvalue weighted by molar-refractivity contribution is 0.00739. The van der Waals surface area contributed by atoms with Crippen LogP contribution in [0.5, 0.6) is 0 Å². The van der Waals surface area contributed by atoms with Crippen LogP contribution in [0.3, 0.4) is 0 Å². The number of unbranched alkanes of at least 4 members (excludes halogenated alkanes) is 6. The minimum absolute atomic E-state index is 0.886. The average molecular weight is 485 g/mol. The zero-order valence-electron chi connectivity index (χ0n) is 23.4. The number of allylic oxidation sites excluding steroid dienone is 2. The van der Waals surface area contributed by atoms with Crippen LogP contribution in [0, 0.1) is 0 Å². The monoisotopic (exact) mass is 484 g/mol. The van der Waals surface area contributed by atoms with Gasteiger partial charge in [-0.3, -0.25) is 0 Å². The van der Waals surface area contributed by atoms with E-state index in [0.29, 0.717) is 0 Å². The Balaban J connectivity index is 2.71. The third kappa shape index (κ3) is 9.77. The summed E-state index contributed by atoms with van der Waals surface area (Å²) in [5.41, 5.74) is 18.5. The maximum atomic E-state index is 9.55. The largest absolute Gasteiger partial charge is 0.348 e. The van der Waals surface area contributed by atoms with Crippen LogP contribution in [0.4, 0.5) is 0 Å². The van der Waals surface area contributed by atoms with Gasteiger partial charge < -0.3 is 5.53 Å². The smallest absolute Gasteiger partial charge is 0.303 e. The van der Waals surface area contributed by atoms with Crippen LogP contribution in [-0.4, -0.2) is 10.7 Å². The van der Waals surface area contributed by atoms with Gasteiger partial charge in [0.25, 0.3) is 0 Å². The van der Waals surface area contributed by atoms with Gasteiger partial charge in [-0.25, -0.2) is 0 Å². The molecule has 2 rings (SSSR count). The van der Waals surface area contributed by atoms with Crippen LogP contribution < -0.4 is 0 Å². The molecule has 194 valence electrons. The number of hydrogen-bond acceptors (Lipinski definition) is 0. The highest BCUT2D eigenvalue weighted by Gasteiger charge is 2.18. The molecule has 0 unspecified atom stereocenters. The van der Waals surface area contributed by atoms with Gasteiger partial charge in [-0.15, -0.1) is 4.79 Å². The molecule has 0 amide bonds. The summed E-state index contributed by atoms with van der Waals surface area (Å²) in [7, 11) is 0. The molecule has 0 aliphatic carbocycles. The maximum Gasteiger partial charge on any atom is 0.303 e. The van der Waals surface area contributed by atoms with Gasteiger partial charge in [0.2, 0.25) is 0 Å². The first-order chi connectivity index (χ1) is 17.7. The molecule has 0 heterocycles. The van der Waals surface area contributed by atoms with Crippen LogP contribution in [0.25, 0.3) is 11.1 Å². The highest BCUT2D eigenvalue weighted by atomic mass is 14.8. The number of aryl methyl sites for hydroxylation is 2. The van der Waals surface area contributed by atoms with E-state index in [4.69, 9.17) is 0 Å². The molecule has 0 fully saturated rings. The molecule has 0 saturated heterocycles. The summed E-state index contributed by atoms with van der Waals surface area (Å²) in [5, 5.41) is 0. The summed E-state index contributed by atoms with van der Waals surface area (Å²) in [6.07, 6.45) is 16.0. The Morgan fingerprint density at radius 2 is 1.33 bits per heavy atom. The molecule has 0 spiro atoms. The molecule has 0 aromatic heterocycles. The van der Waals surface area contributed by atoms with E-state index in [1.165, 1.54) is 78.3 Å². The van der Waals surface area contributed by atoms with Gasteiger partial charge in [0.15, 0.2) is 0 Å². The van der Waals surface area contributed by atoms with Crippen LogP contribution in [0.2, 0.25) is 0 Å². The van der Waals surface area contributed by atoms with E-state index in [1.54, 1.807) is 0 Å². The predicted molar refractivity (Wildman–Crippen MR) is 157 cm³/mol. The van der Waals surface area contributed by atoms with E-state index in [-0.39, 0.29) is 0 Å². The fourth-order valence-corrected chi connectivity index (χ4v) is 4.84. The summed E-state index contributed by atoms with van der Waals surface area (Å²) in [5.74, 6) is 3.01. The second-order valence-electron chi connectivity index (χ2n) is 10.1. The second kappa shape index (κ2) is 17.7. The van der Waals surface area contributed by atoms with Gasteiger partial charge in [0.05, 0.1) is 5.57 Å². The molecule has 0 bridgehead atoms. The van der Waals surface area contributed by atoms with Crippen molar-refractivity contribution in [2.24, 2.45) is 0 Å². The lowest BCUT2D eigenvalue weighted by Gasteiger charge is -2.18. The zero-order chi connectivity index (χ0) is 26.0. The predicted octanol–water partition coefficient (Wildman–Crippen LogP) is 10.2. The van der Waals surface area contributed by atoms with Crippen molar-refractivity contribution >= 4 is 11.4 Å². The Labute approximate surface area is 221 Å². The third-order valence-electron chi connectivity index (χ3n) is 7.01. The summed E-state index contributed by atoms with van der Waals surface area (Å²) >= 11 is 0. The van der Waals surface area contributed by atoms with Crippen molar-refractivity contribution in [2.75, 3.05) is 0 Å². The maximum absolute atomic E-state index is 9.55. The van der Waals surface area contributed by atoms with E-state index in [2.05, 4.69) is 86.9 Å². The molecule has 2 aromatic rings. The lowest BCUT2D eigenvalue weighted by Crippen LogP contribution is -2.02. The molecule has 2 heteroatoms. The first kappa shape index (κ1) is 29.6. The van der Waals surface area contributed by atoms with Gasteiger partial charge >= 0.3 is 5.87 Å². The molecule has 0 aliphatic heterocycles. The number of rotatable bonds is 17. The minimum atomic E-state index is 0.886. The summed E-state index contributed by atoms with van der Waals surface area (Å²) < 4.78 is 0. The molecule has 36 heavy (non-hydrogen) atoms. The number of hydrogen-bond donors (Lipinski definition) is 0. The van der Waals surface area contributed by atoms with Gasteiger partial charge in [0, 0.05) is 0 Å². The van der Waals surface area contributed by atoms with Crippen molar-refractivity contribution in [3.63, 3.8) is 0 Å². The number of nitrogens with zero attached hydrogens (tertiary/aromatic N) is 2. The van der Waals surface area contributed by atoms with Crippen molar-refractivity contribution in [1.82, 2.24) is 0 Å². The van der Waals surface area contributed by atoms with Crippen molar-refractivity contribution < 1.29 is 4.79 Å². The summed E-state index contributed by atoms with van der Waals surface area (Å²) in [6, 6.07) is 18.3. The highest BCUT2D eigenvalue weighted by molar-refractivity contribution is 5.87. The molecule has 0 atom stereocenters. The lowest BCUT2D eigenvalue weighted by atomic mass is 9.84. The molecule has 2 aromatic carbocycles. The normalized spacial score (nSPS) is 11.6. The Kier molecular flexibility index (Phi) is 14.6. The summed E-state index contributed by atoms with van der Waals surface area (Å²) in [4.78, 5) is 3.41. The van der Waals surface area contributed by atoms with Gasteiger partial charge in [-0.1, -0.05) is 115 Å². The number of benzene rings is 2. The standard InChI is InChI=1S/C34H48N2/c1-5-9-13-14-21-33(32(27-36-35)19-12-8-4)34(30-24-22-28(23-25-30)16-10-6-2)31-20-15-18-29(26-31)17-11-7-3/h15,18,20,22-26H,5-14,16-17,19,21H2,1-4H3. The van der Waals surface area contributed by atoms with Crippen LogP contribution in [-0.2, 0) is 12.8 Å². The van der Waals surface area contributed by atoms with Crippen molar-refractivity contribution in [1.29, 1.82) is 0 Å². The first-order valence-corrected chi connectivity index (χ1v) is 14.6. The van der Waals surface area contributed by atoms with Gasteiger partial charge in [0.1, 0.15) is 0 Å². The summed E-state index contributed by atoms with van der Waals surface area (Å²) in [6.45, 7) is 8.97. The van der Waals surface area contributed by atoms with Crippen LogP contribution in [0.15, 0.2) is 59.7 Å². The Bertz CT molecular complexity index is 1020. The van der Waals surface area contributed by atoms with E-state index in [9.17, 15) is 5.53 Å². The Morgan fingerprint density at radius 3 is 1.97 bits per heavy atom. The molecule has 0 radical (unpaired) electrons. The fourth-order valence-electron chi connectivity index (χ4n) is 4.84. The quantitative estimate of drug-likeness (QED) is 0.0704. The van der Waals surface area contributed by atoms with Crippen molar-refractivity contribution in [3.05, 3.63) is 87.5 Å². The molecular formula is C34H48N2. The molecule has 2 nitrogen and oxygen atoms in total. The van der Waals surface area contributed by atoms with E-state index >= 15 is 0 Å². The molecule has 0 N–H and O–H groups in total. The molecule has 0 saturated carbocycles. The minimum Gasteiger partial charge on any atom is -0.348 e. The third-order valence-corrected chi connectivity index (χ3v) is 7.01. The van der Waals surface area contributed by atoms with E-state index in [1.807, 2.05) is 0 Å². The van der Waals surface area contributed by atoms with Crippen LogP contribution in [0.1, 0.15) is 127 Å². The topological polar surface area (TPSA) is 36.4 Å². The van der Waals surface area contributed by atoms with Gasteiger partial charge in [-0.05, 0) is 84.8 Å². The first-order valence-electron chi connectivity index (χ1n) is 14.6. The Morgan fingerprint density at radius 1 is 0.667 bits per heavy atom. The zero-order valence-corrected chi connectivity index (χ0v) is 23.4. The average Bonchev–Trinajstić information content (AvgIpc) is 2.91. The Hall–Kier alpha value is -2.66. The fraction of sp³-hybridized carbons (Fsp3) is 0.529. The van der Waals surface area contributed by atoms with E-state index in [0.717, 1.165) is 50.5 Å². The van der Waals surface area contributed by atoms with Crippen molar-refractivity contribution in [2.45, 2.75) is 118 Å². The SMILES string of the molecule is CCCCCCC(C(=C=[N+]=[N-])CCCC)=C(c1ccc(CCCC)cc1)c1cccc(CCCC)c1. The van der Waals surface area contributed by atoms with E-state index < -0.39 is 0 Å². The van der Waals surface area contributed by atoms with Gasteiger partial charge in [-0.2, -0.15) is 0 Å². The molecule has 0 aliphatic rings. The highest BCUT2D eigenvalue weighted by Crippen LogP contribution is 2.35. The van der Waals surface area contributed by atoms with Crippen molar-refractivity contribution in [3.8, 4) is 0 Å². The second-order valence-corrected chi connectivity index (χ2v) is 10.1. The molecular weight excluding hydrogens is 436 g/mol. The van der Waals surface area contributed by atoms with Crippen LogP contribution >= 0.6 is 0 Å².